The Morgan fingerprint density at radius 2 is 1.26 bits per heavy atom. The third-order valence-electron chi connectivity index (χ3n) is 12.4. The first kappa shape index (κ1) is 33.7. The summed E-state index contributed by atoms with van der Waals surface area (Å²) in [6.45, 7) is 17.7. The second-order valence-corrected chi connectivity index (χ2v) is 27.4. The molecule has 0 amide bonds. The summed E-state index contributed by atoms with van der Waals surface area (Å²) < 4.78 is 3.13. The molecule has 6 heteroatoms. The van der Waals surface area contributed by atoms with E-state index < -0.39 is 16.1 Å². The van der Waals surface area contributed by atoms with E-state index in [-0.39, 0.29) is 12.1 Å². The Morgan fingerprint density at radius 3 is 1.93 bits per heavy atom. The fraction of sp³-hybridized carbons (Fsp3) is 0.167. The highest BCUT2D eigenvalue weighted by molar-refractivity contribution is 7.38. The highest BCUT2D eigenvalue weighted by atomic mass is 32.1. The summed E-state index contributed by atoms with van der Waals surface area (Å²) in [5.41, 5.74) is 13.3. The van der Waals surface area contributed by atoms with Gasteiger partial charge >= 0.3 is 0 Å². The molecule has 0 radical (unpaired) electrons. The molecule has 54 heavy (non-hydrogen) atoms. The lowest BCUT2D eigenvalue weighted by molar-refractivity contribution is 0.590. The van der Waals surface area contributed by atoms with E-state index in [4.69, 9.17) is 0 Å². The minimum absolute atomic E-state index is 0.0790. The summed E-state index contributed by atoms with van der Waals surface area (Å²) in [5.74, 6) is 0. The van der Waals surface area contributed by atoms with Gasteiger partial charge in [-0.1, -0.05) is 147 Å². The first-order chi connectivity index (χ1) is 26.0. The van der Waals surface area contributed by atoms with Crippen LogP contribution in [0.25, 0.3) is 15.3 Å². The van der Waals surface area contributed by atoms with E-state index in [9.17, 15) is 0 Å². The van der Waals surface area contributed by atoms with Crippen molar-refractivity contribution in [2.24, 2.45) is 0 Å². The van der Waals surface area contributed by atoms with E-state index >= 15 is 0 Å². The lowest BCUT2D eigenvalue weighted by atomic mass is 9.38. The Bertz CT molecular complexity index is 2610. The Balaban J connectivity index is 1.27. The third kappa shape index (κ3) is 4.76. The van der Waals surface area contributed by atoms with Crippen molar-refractivity contribution in [3.8, 4) is 0 Å². The maximum atomic E-state index is 2.65. The summed E-state index contributed by atoms with van der Waals surface area (Å²) in [6.07, 6.45) is 0. The average Bonchev–Trinajstić information content (AvgIpc) is 3.67. The maximum absolute atomic E-state index is 2.65. The fourth-order valence-corrected chi connectivity index (χ4v) is 20.9. The molecule has 10 rings (SSSR count). The van der Waals surface area contributed by atoms with Gasteiger partial charge in [0.05, 0.1) is 0 Å². The van der Waals surface area contributed by atoms with Crippen LogP contribution >= 0.6 is 11.3 Å². The van der Waals surface area contributed by atoms with Crippen LogP contribution in [0.2, 0.25) is 26.2 Å². The van der Waals surface area contributed by atoms with Gasteiger partial charge in [-0.2, -0.15) is 0 Å². The minimum atomic E-state index is -2.13. The number of fused-ring (bicyclic) bond motifs is 7. The molecular weight excluding hydrogens is 704 g/mol. The zero-order valence-electron chi connectivity index (χ0n) is 32.2. The highest BCUT2D eigenvalue weighted by Crippen LogP contribution is 2.50. The molecule has 0 fully saturated rings. The molecule has 0 bridgehead atoms. The Hall–Kier alpha value is -4.88. The van der Waals surface area contributed by atoms with Crippen molar-refractivity contribution < 1.29 is 0 Å². The highest BCUT2D eigenvalue weighted by Gasteiger charge is 2.57. The van der Waals surface area contributed by atoms with Gasteiger partial charge in [-0.25, -0.2) is 0 Å². The Kier molecular flexibility index (Phi) is 7.36. The largest absolute Gasteiger partial charge is 0.311 e. The predicted octanol–water partition coefficient (Wildman–Crippen LogP) is 11.0. The first-order valence-corrected chi connectivity index (χ1v) is 26.1. The molecule has 7 aromatic rings. The lowest BCUT2D eigenvalue weighted by Gasteiger charge is -2.46. The van der Waals surface area contributed by atoms with Crippen LogP contribution in [-0.2, 0) is 5.41 Å². The van der Waals surface area contributed by atoms with Crippen LogP contribution in [0.5, 0.6) is 0 Å². The van der Waals surface area contributed by atoms with Gasteiger partial charge in [0, 0.05) is 43.3 Å². The van der Waals surface area contributed by atoms with Crippen LogP contribution in [0, 0.1) is 0 Å². The standard InChI is InChI=1S/C48H45BN2SSi2/c1-48(2,3)32-25-27-35(28-26-32)51-39-22-16-24-42-44(39)49(46-45(53(42,4)5)43-37-21-14-15-23-41(37)52-47(43)54(46,6)7)38-30-29-36(31-40(38)51)50(33-17-10-8-11-18-33)34-19-12-9-13-20-34/h8-31H,1-7H3. The van der Waals surface area contributed by atoms with Crippen molar-refractivity contribution >= 4 is 104 Å². The zero-order chi connectivity index (χ0) is 37.1. The van der Waals surface area contributed by atoms with Crippen molar-refractivity contribution in [3.05, 3.63) is 162 Å². The van der Waals surface area contributed by atoms with Gasteiger partial charge in [-0.05, 0) is 93.5 Å². The number of anilines is 6. The van der Waals surface area contributed by atoms with E-state index in [1.54, 1.807) is 31.0 Å². The van der Waals surface area contributed by atoms with Gasteiger partial charge in [0.2, 0.25) is 6.71 Å². The van der Waals surface area contributed by atoms with Crippen LogP contribution < -0.4 is 30.4 Å². The number of hydrogen-bond donors (Lipinski definition) is 0. The molecule has 0 saturated heterocycles. The van der Waals surface area contributed by atoms with Crippen LogP contribution in [0.4, 0.5) is 34.1 Å². The Labute approximate surface area is 326 Å². The maximum Gasteiger partial charge on any atom is 0.239 e. The van der Waals surface area contributed by atoms with Crippen LogP contribution in [0.1, 0.15) is 31.9 Å². The average molecular weight is 749 g/mol. The molecule has 2 nitrogen and oxygen atoms in total. The molecule has 0 spiro atoms. The van der Waals surface area contributed by atoms with E-state index in [2.05, 4.69) is 214 Å². The fourth-order valence-electron chi connectivity index (χ4n) is 9.87. The van der Waals surface area contributed by atoms with Crippen molar-refractivity contribution in [2.45, 2.75) is 52.4 Å². The number of benzene rings is 6. The Morgan fingerprint density at radius 1 is 0.611 bits per heavy atom. The van der Waals surface area contributed by atoms with E-state index in [0.29, 0.717) is 0 Å². The SMILES string of the molecule is CC(C)(C)c1ccc(N2c3cc(N(c4ccccc4)c4ccccc4)ccc3B3C4=C(c5c(sc6ccccc56)[Si]4(C)C)[Si](C)(C)c4cccc2c43)cc1. The molecule has 0 N–H and O–H groups in total. The second-order valence-electron chi connectivity index (χ2n) is 17.4. The van der Waals surface area contributed by atoms with Crippen molar-refractivity contribution in [2.75, 3.05) is 9.80 Å². The predicted molar refractivity (Wildman–Crippen MR) is 243 cm³/mol. The van der Waals surface area contributed by atoms with Crippen molar-refractivity contribution in [3.63, 3.8) is 0 Å². The van der Waals surface area contributed by atoms with Gasteiger partial charge in [-0.3, -0.25) is 0 Å². The number of thiophene rings is 1. The molecule has 3 aliphatic heterocycles. The molecule has 3 aliphatic rings. The zero-order valence-corrected chi connectivity index (χ0v) is 35.1. The molecule has 4 heterocycles. The molecule has 6 aromatic carbocycles. The quantitative estimate of drug-likeness (QED) is 0.165. The summed E-state index contributed by atoms with van der Waals surface area (Å²) in [5, 5.41) is 6.56. The topological polar surface area (TPSA) is 6.48 Å². The molecule has 1 aromatic heterocycles. The van der Waals surface area contributed by atoms with Crippen molar-refractivity contribution in [1.82, 2.24) is 0 Å². The number of hydrogen-bond acceptors (Lipinski definition) is 3. The summed E-state index contributed by atoms with van der Waals surface area (Å²) >= 11 is 2.08. The minimum Gasteiger partial charge on any atom is -0.311 e. The summed E-state index contributed by atoms with van der Waals surface area (Å²) in [7, 11) is -4.21. The van der Waals surface area contributed by atoms with E-state index in [0.717, 1.165) is 17.1 Å². The summed E-state index contributed by atoms with van der Waals surface area (Å²) in [4.78, 5) is 5.01. The van der Waals surface area contributed by atoms with Gasteiger partial charge in [-0.15, -0.1) is 11.3 Å². The monoisotopic (exact) mass is 748 g/mol. The molecule has 0 unspecified atom stereocenters. The molecule has 0 aliphatic carbocycles. The smallest absolute Gasteiger partial charge is 0.239 e. The molecular formula is C48H45BN2SSi2. The van der Waals surface area contributed by atoms with Crippen LogP contribution in [0.15, 0.2) is 151 Å². The molecule has 264 valence electrons. The third-order valence-corrected chi connectivity index (χ3v) is 22.3. The van der Waals surface area contributed by atoms with Crippen LogP contribution in [-0.4, -0.2) is 22.9 Å². The van der Waals surface area contributed by atoms with Crippen LogP contribution in [0.3, 0.4) is 0 Å². The van der Waals surface area contributed by atoms with Crippen molar-refractivity contribution in [1.29, 1.82) is 0 Å². The normalized spacial score (nSPS) is 16.2. The number of rotatable bonds is 4. The second kappa shape index (κ2) is 11.8. The van der Waals surface area contributed by atoms with Gasteiger partial charge in [0.1, 0.15) is 16.1 Å². The first-order valence-electron chi connectivity index (χ1n) is 19.3. The van der Waals surface area contributed by atoms with E-state index in [1.165, 1.54) is 38.2 Å². The number of nitrogens with zero attached hydrogens (tertiary/aromatic N) is 2. The lowest BCUT2D eigenvalue weighted by Crippen LogP contribution is -2.68. The molecule has 0 saturated carbocycles. The number of para-hydroxylation sites is 2. The molecule has 0 atom stereocenters. The van der Waals surface area contributed by atoms with Gasteiger partial charge in [0.25, 0.3) is 0 Å². The summed E-state index contributed by atoms with van der Waals surface area (Å²) in [6, 6.07) is 54.9. The van der Waals surface area contributed by atoms with E-state index in [1.807, 2.05) is 0 Å². The van der Waals surface area contributed by atoms with Gasteiger partial charge in [0.15, 0.2) is 0 Å². The van der Waals surface area contributed by atoms with Gasteiger partial charge < -0.3 is 9.80 Å².